The molecule has 1 fully saturated rings. The fraction of sp³-hybridized carbons (Fsp3) is 0.200. The number of fused-ring (bicyclic) bond motifs is 1. The quantitative estimate of drug-likeness (QED) is 0.481. The summed E-state index contributed by atoms with van der Waals surface area (Å²) >= 11 is 0. The van der Waals surface area contributed by atoms with Crippen LogP contribution in [0, 0.1) is 0 Å². The molecule has 1 saturated heterocycles. The van der Waals surface area contributed by atoms with Crippen LogP contribution in [0.5, 0.6) is 5.75 Å². The van der Waals surface area contributed by atoms with E-state index in [1.54, 1.807) is 7.11 Å². The Labute approximate surface area is 170 Å². The van der Waals surface area contributed by atoms with Crippen molar-refractivity contribution in [3.05, 3.63) is 84.4 Å². The molecular weight excluding hydrogens is 358 g/mol. The van der Waals surface area contributed by atoms with Crippen molar-refractivity contribution in [3.8, 4) is 17.1 Å². The van der Waals surface area contributed by atoms with Crippen LogP contribution < -0.4 is 9.64 Å². The van der Waals surface area contributed by atoms with Crippen molar-refractivity contribution in [1.29, 1.82) is 0 Å². The Hall–Kier alpha value is -3.40. The van der Waals surface area contributed by atoms with Crippen LogP contribution in [0.25, 0.3) is 22.3 Å². The lowest BCUT2D eigenvalue weighted by Crippen LogP contribution is -2.21. The van der Waals surface area contributed by atoms with Gasteiger partial charge in [-0.05, 0) is 48.4 Å². The predicted octanol–water partition coefficient (Wildman–Crippen LogP) is 5.30. The summed E-state index contributed by atoms with van der Waals surface area (Å²) in [6.45, 7) is 1.98. The normalized spacial score (nSPS) is 16.3. The lowest BCUT2D eigenvalue weighted by atomic mass is 9.99. The Morgan fingerprint density at radius 1 is 0.862 bits per heavy atom. The molecule has 0 spiro atoms. The van der Waals surface area contributed by atoms with Crippen LogP contribution in [0.1, 0.15) is 17.9 Å². The molecule has 144 valence electrons. The van der Waals surface area contributed by atoms with E-state index >= 15 is 0 Å². The molecule has 3 aromatic carbocycles. The highest BCUT2D eigenvalue weighted by Crippen LogP contribution is 2.34. The average Bonchev–Trinajstić information content (AvgIpc) is 3.29. The summed E-state index contributed by atoms with van der Waals surface area (Å²) in [5.41, 5.74) is 3.38. The monoisotopic (exact) mass is 381 g/mol. The summed E-state index contributed by atoms with van der Waals surface area (Å²) in [6.07, 6.45) is 1.14. The fourth-order valence-corrected chi connectivity index (χ4v) is 4.12. The van der Waals surface area contributed by atoms with Gasteiger partial charge in [0, 0.05) is 30.0 Å². The van der Waals surface area contributed by atoms with E-state index < -0.39 is 0 Å². The molecule has 29 heavy (non-hydrogen) atoms. The molecule has 1 aliphatic heterocycles. The molecule has 4 heteroatoms. The third-order valence-electron chi connectivity index (χ3n) is 5.69. The number of methoxy groups -OCH3 is 1. The molecule has 0 aliphatic carbocycles. The highest BCUT2D eigenvalue weighted by molar-refractivity contribution is 5.91. The first-order valence-corrected chi connectivity index (χ1v) is 10.0. The van der Waals surface area contributed by atoms with Gasteiger partial charge in [0.25, 0.3) is 0 Å². The van der Waals surface area contributed by atoms with Gasteiger partial charge in [0.1, 0.15) is 11.6 Å². The molecule has 0 unspecified atom stereocenters. The predicted molar refractivity (Wildman–Crippen MR) is 118 cm³/mol. The van der Waals surface area contributed by atoms with Crippen LogP contribution in [0.15, 0.2) is 78.9 Å². The van der Waals surface area contributed by atoms with Gasteiger partial charge in [-0.25, -0.2) is 9.97 Å². The first-order chi connectivity index (χ1) is 14.3. The molecule has 0 radical (unpaired) electrons. The zero-order chi connectivity index (χ0) is 19.6. The van der Waals surface area contributed by atoms with E-state index in [0.717, 1.165) is 53.4 Å². The minimum atomic E-state index is 0.536. The van der Waals surface area contributed by atoms with Gasteiger partial charge >= 0.3 is 0 Å². The van der Waals surface area contributed by atoms with E-state index in [0.29, 0.717) is 5.92 Å². The van der Waals surface area contributed by atoms with Gasteiger partial charge in [0.2, 0.25) is 0 Å². The van der Waals surface area contributed by atoms with E-state index in [1.807, 2.05) is 30.3 Å². The number of nitrogens with zero attached hydrogens (tertiary/aromatic N) is 3. The number of para-hydroxylation sites is 1. The van der Waals surface area contributed by atoms with E-state index in [9.17, 15) is 0 Å². The second-order valence-corrected chi connectivity index (χ2v) is 7.46. The number of rotatable bonds is 4. The summed E-state index contributed by atoms with van der Waals surface area (Å²) < 4.78 is 5.29. The van der Waals surface area contributed by atoms with Gasteiger partial charge in [-0.2, -0.15) is 0 Å². The molecule has 2 heterocycles. The molecule has 4 aromatic rings. The summed E-state index contributed by atoms with van der Waals surface area (Å²) in [5.74, 6) is 3.15. The van der Waals surface area contributed by atoms with E-state index in [4.69, 9.17) is 14.7 Å². The highest BCUT2D eigenvalue weighted by Gasteiger charge is 2.26. The Morgan fingerprint density at radius 3 is 2.41 bits per heavy atom. The molecule has 0 amide bonds. The van der Waals surface area contributed by atoms with Gasteiger partial charge in [0.05, 0.1) is 12.6 Å². The van der Waals surface area contributed by atoms with Gasteiger partial charge in [-0.3, -0.25) is 0 Å². The van der Waals surface area contributed by atoms with Crippen molar-refractivity contribution in [2.45, 2.75) is 12.3 Å². The number of anilines is 1. The SMILES string of the molecule is COc1ccc(-c2nc(N3CC[C@H](c4ccccc4)C3)c3ccccc3n2)cc1. The highest BCUT2D eigenvalue weighted by atomic mass is 16.5. The Balaban J connectivity index is 1.54. The van der Waals surface area contributed by atoms with Crippen molar-refractivity contribution in [1.82, 2.24) is 9.97 Å². The van der Waals surface area contributed by atoms with Crippen molar-refractivity contribution >= 4 is 16.7 Å². The fourth-order valence-electron chi connectivity index (χ4n) is 4.12. The molecule has 1 atom stereocenters. The number of benzene rings is 3. The lowest BCUT2D eigenvalue weighted by Gasteiger charge is -2.20. The first kappa shape index (κ1) is 17.7. The van der Waals surface area contributed by atoms with Crippen LogP contribution >= 0.6 is 0 Å². The molecule has 5 rings (SSSR count). The second-order valence-electron chi connectivity index (χ2n) is 7.46. The first-order valence-electron chi connectivity index (χ1n) is 10.0. The van der Waals surface area contributed by atoms with E-state index in [-0.39, 0.29) is 0 Å². The van der Waals surface area contributed by atoms with Gasteiger partial charge < -0.3 is 9.64 Å². The van der Waals surface area contributed by atoms with E-state index in [2.05, 4.69) is 53.4 Å². The van der Waals surface area contributed by atoms with Crippen LogP contribution in [-0.4, -0.2) is 30.2 Å². The standard InChI is InChI=1S/C25H23N3O/c1-29-21-13-11-19(12-14-21)24-26-23-10-6-5-9-22(23)25(27-24)28-16-15-20(17-28)18-7-3-2-4-8-18/h2-14,20H,15-17H2,1H3/t20-/m0/s1. The molecule has 0 saturated carbocycles. The third kappa shape index (κ3) is 3.42. The Bertz CT molecular complexity index is 1130. The van der Waals surface area contributed by atoms with Crippen molar-refractivity contribution in [2.24, 2.45) is 0 Å². The largest absolute Gasteiger partial charge is 0.497 e. The molecule has 4 nitrogen and oxygen atoms in total. The molecular formula is C25H23N3O. The summed E-state index contributed by atoms with van der Waals surface area (Å²) in [4.78, 5) is 12.3. The van der Waals surface area contributed by atoms with Gasteiger partial charge in [0.15, 0.2) is 5.82 Å². The summed E-state index contributed by atoms with van der Waals surface area (Å²) in [6, 6.07) is 27.0. The van der Waals surface area contributed by atoms with Crippen LogP contribution in [0.4, 0.5) is 5.82 Å². The lowest BCUT2D eigenvalue weighted by molar-refractivity contribution is 0.415. The molecule has 0 N–H and O–H groups in total. The molecule has 1 aliphatic rings. The smallest absolute Gasteiger partial charge is 0.162 e. The number of ether oxygens (including phenoxy) is 1. The molecule has 0 bridgehead atoms. The van der Waals surface area contributed by atoms with Crippen molar-refractivity contribution < 1.29 is 4.74 Å². The average molecular weight is 381 g/mol. The number of aromatic nitrogens is 2. The Kier molecular flexibility index (Phi) is 4.60. The second kappa shape index (κ2) is 7.55. The van der Waals surface area contributed by atoms with Crippen LogP contribution in [-0.2, 0) is 0 Å². The van der Waals surface area contributed by atoms with Crippen molar-refractivity contribution in [3.63, 3.8) is 0 Å². The molecule has 1 aromatic heterocycles. The van der Waals surface area contributed by atoms with Crippen LogP contribution in [0.3, 0.4) is 0 Å². The maximum Gasteiger partial charge on any atom is 0.162 e. The van der Waals surface area contributed by atoms with Gasteiger partial charge in [-0.1, -0.05) is 42.5 Å². The van der Waals surface area contributed by atoms with Gasteiger partial charge in [-0.15, -0.1) is 0 Å². The minimum absolute atomic E-state index is 0.536. The zero-order valence-corrected chi connectivity index (χ0v) is 16.5. The zero-order valence-electron chi connectivity index (χ0n) is 16.5. The summed E-state index contributed by atoms with van der Waals surface area (Å²) in [5, 5.41) is 1.11. The maximum absolute atomic E-state index is 5.29. The maximum atomic E-state index is 5.29. The number of hydrogen-bond acceptors (Lipinski definition) is 4. The van der Waals surface area contributed by atoms with E-state index in [1.165, 1.54) is 5.56 Å². The summed E-state index contributed by atoms with van der Waals surface area (Å²) in [7, 11) is 1.68. The van der Waals surface area contributed by atoms with Crippen molar-refractivity contribution in [2.75, 3.05) is 25.1 Å². The number of hydrogen-bond donors (Lipinski definition) is 0. The Morgan fingerprint density at radius 2 is 1.62 bits per heavy atom. The van der Waals surface area contributed by atoms with Crippen LogP contribution in [0.2, 0.25) is 0 Å². The third-order valence-corrected chi connectivity index (χ3v) is 5.69. The topological polar surface area (TPSA) is 38.2 Å². The minimum Gasteiger partial charge on any atom is -0.497 e.